The molecule has 1 N–H and O–H groups in total. The first-order valence-corrected chi connectivity index (χ1v) is 6.35. The molecule has 0 saturated carbocycles. The van der Waals surface area contributed by atoms with Crippen molar-refractivity contribution >= 4 is 22.5 Å². The van der Waals surface area contributed by atoms with Crippen LogP contribution in [0.25, 0.3) is 10.9 Å². The van der Waals surface area contributed by atoms with Gasteiger partial charge in [-0.25, -0.2) is 0 Å². The summed E-state index contributed by atoms with van der Waals surface area (Å²) >= 11 is 5.62. The van der Waals surface area contributed by atoms with Crippen LogP contribution in [-0.2, 0) is 0 Å². The summed E-state index contributed by atoms with van der Waals surface area (Å²) in [5.41, 5.74) is 2.92. The van der Waals surface area contributed by atoms with Gasteiger partial charge in [0.2, 0.25) is 0 Å². The van der Waals surface area contributed by atoms with Crippen LogP contribution < -0.4 is 0 Å². The molecule has 1 aromatic heterocycles. The second-order valence-electron chi connectivity index (χ2n) is 4.25. The maximum absolute atomic E-state index is 9.99. The average Bonchev–Trinajstić information content (AvgIpc) is 2.35. The zero-order valence-corrected chi connectivity index (χ0v) is 10.6. The number of rotatable bonds is 4. The van der Waals surface area contributed by atoms with Crippen molar-refractivity contribution in [1.82, 2.24) is 4.98 Å². The molecular formula is C14H16ClNO. The number of aliphatic hydroxyl groups excluding tert-OH is 1. The highest BCUT2D eigenvalue weighted by atomic mass is 35.5. The topological polar surface area (TPSA) is 33.1 Å². The van der Waals surface area contributed by atoms with Gasteiger partial charge >= 0.3 is 0 Å². The zero-order chi connectivity index (χ0) is 12.3. The Labute approximate surface area is 106 Å². The van der Waals surface area contributed by atoms with E-state index in [1.807, 2.05) is 37.3 Å². The minimum absolute atomic E-state index is 0.431. The summed E-state index contributed by atoms with van der Waals surface area (Å²) in [5.74, 6) is 0.589. The van der Waals surface area contributed by atoms with E-state index in [4.69, 9.17) is 11.6 Å². The number of benzene rings is 1. The third-order valence-corrected chi connectivity index (χ3v) is 3.12. The van der Waals surface area contributed by atoms with E-state index in [-0.39, 0.29) is 0 Å². The van der Waals surface area contributed by atoms with E-state index in [0.717, 1.165) is 28.6 Å². The van der Waals surface area contributed by atoms with E-state index in [9.17, 15) is 5.11 Å². The predicted octanol–water partition coefficient (Wildman–Crippen LogP) is 3.60. The molecule has 1 unspecified atom stereocenters. The first-order chi connectivity index (χ1) is 8.20. The highest BCUT2D eigenvalue weighted by molar-refractivity contribution is 6.17. The maximum atomic E-state index is 9.99. The van der Waals surface area contributed by atoms with Gasteiger partial charge in [-0.1, -0.05) is 12.1 Å². The van der Waals surface area contributed by atoms with Crippen LogP contribution in [0, 0.1) is 6.92 Å². The molecule has 2 aromatic rings. The van der Waals surface area contributed by atoms with E-state index in [1.54, 1.807) is 0 Å². The number of aliphatic hydroxyl groups is 1. The number of halogens is 1. The van der Waals surface area contributed by atoms with Crippen molar-refractivity contribution in [2.75, 3.05) is 5.88 Å². The third kappa shape index (κ3) is 2.96. The summed E-state index contributed by atoms with van der Waals surface area (Å²) in [5, 5.41) is 11.1. The lowest BCUT2D eigenvalue weighted by molar-refractivity contribution is 0.167. The van der Waals surface area contributed by atoms with Crippen LogP contribution >= 0.6 is 11.6 Å². The van der Waals surface area contributed by atoms with Crippen molar-refractivity contribution in [2.45, 2.75) is 25.9 Å². The standard InChI is InChI=1S/C14H16ClNO/c1-10-4-5-11-9-12(6-7-13(11)16-10)14(17)3-2-8-15/h4-7,9,14,17H,2-3,8H2,1H3. The molecule has 90 valence electrons. The first kappa shape index (κ1) is 12.3. The normalized spacial score (nSPS) is 12.9. The number of fused-ring (bicyclic) bond motifs is 1. The molecule has 0 aliphatic rings. The van der Waals surface area contributed by atoms with Crippen molar-refractivity contribution in [3.05, 3.63) is 41.6 Å². The van der Waals surface area contributed by atoms with Crippen LogP contribution in [0.3, 0.4) is 0 Å². The summed E-state index contributed by atoms with van der Waals surface area (Å²) in [4.78, 5) is 4.44. The second-order valence-corrected chi connectivity index (χ2v) is 4.63. The summed E-state index contributed by atoms with van der Waals surface area (Å²) in [7, 11) is 0. The smallest absolute Gasteiger partial charge is 0.0790 e. The molecule has 2 rings (SSSR count). The number of alkyl halides is 1. The molecule has 0 amide bonds. The molecule has 0 radical (unpaired) electrons. The molecule has 0 aliphatic heterocycles. The molecule has 0 spiro atoms. The molecule has 2 nitrogen and oxygen atoms in total. The van der Waals surface area contributed by atoms with Crippen molar-refractivity contribution in [1.29, 1.82) is 0 Å². The number of pyridine rings is 1. The summed E-state index contributed by atoms with van der Waals surface area (Å²) < 4.78 is 0. The molecule has 0 fully saturated rings. The third-order valence-electron chi connectivity index (χ3n) is 2.85. The summed E-state index contributed by atoms with van der Waals surface area (Å²) in [6.45, 7) is 1.97. The van der Waals surface area contributed by atoms with Gasteiger partial charge < -0.3 is 5.11 Å². The Balaban J connectivity index is 2.28. The Morgan fingerprint density at radius 1 is 1.29 bits per heavy atom. The van der Waals surface area contributed by atoms with Crippen LogP contribution in [0.15, 0.2) is 30.3 Å². The molecule has 0 saturated heterocycles. The Bertz CT molecular complexity index is 513. The van der Waals surface area contributed by atoms with Gasteiger partial charge in [-0.3, -0.25) is 4.98 Å². The highest BCUT2D eigenvalue weighted by Gasteiger charge is 2.07. The van der Waals surface area contributed by atoms with Crippen molar-refractivity contribution < 1.29 is 5.11 Å². The van der Waals surface area contributed by atoms with Crippen LogP contribution in [-0.4, -0.2) is 16.0 Å². The Hall–Kier alpha value is -1.12. The molecule has 1 atom stereocenters. The fourth-order valence-corrected chi connectivity index (χ4v) is 2.04. The van der Waals surface area contributed by atoms with Crippen molar-refractivity contribution in [3.8, 4) is 0 Å². The fourth-order valence-electron chi connectivity index (χ4n) is 1.89. The largest absolute Gasteiger partial charge is 0.388 e. The van der Waals surface area contributed by atoms with Gasteiger partial charge in [-0.05, 0) is 43.5 Å². The van der Waals surface area contributed by atoms with E-state index >= 15 is 0 Å². The second kappa shape index (κ2) is 5.48. The van der Waals surface area contributed by atoms with Crippen LogP contribution in [0.1, 0.15) is 30.2 Å². The lowest BCUT2D eigenvalue weighted by atomic mass is 10.0. The number of hydrogen-bond donors (Lipinski definition) is 1. The van der Waals surface area contributed by atoms with E-state index in [1.165, 1.54) is 0 Å². The van der Waals surface area contributed by atoms with Gasteiger partial charge in [0.1, 0.15) is 0 Å². The fraction of sp³-hybridized carbons (Fsp3) is 0.357. The zero-order valence-electron chi connectivity index (χ0n) is 9.86. The van der Waals surface area contributed by atoms with Gasteiger partial charge in [-0.15, -0.1) is 11.6 Å². The first-order valence-electron chi connectivity index (χ1n) is 5.82. The summed E-state index contributed by atoms with van der Waals surface area (Å²) in [6, 6.07) is 9.92. The molecular weight excluding hydrogens is 234 g/mol. The minimum Gasteiger partial charge on any atom is -0.388 e. The van der Waals surface area contributed by atoms with Crippen LogP contribution in [0.2, 0.25) is 0 Å². The Kier molecular flexibility index (Phi) is 3.97. The molecule has 1 aromatic carbocycles. The van der Waals surface area contributed by atoms with E-state index in [0.29, 0.717) is 12.3 Å². The lowest BCUT2D eigenvalue weighted by Gasteiger charge is -2.10. The van der Waals surface area contributed by atoms with Crippen LogP contribution in [0.4, 0.5) is 0 Å². The highest BCUT2D eigenvalue weighted by Crippen LogP contribution is 2.22. The number of hydrogen-bond acceptors (Lipinski definition) is 2. The van der Waals surface area contributed by atoms with Gasteiger partial charge in [0.05, 0.1) is 11.6 Å². The van der Waals surface area contributed by atoms with Crippen molar-refractivity contribution in [3.63, 3.8) is 0 Å². The Morgan fingerprint density at radius 3 is 2.88 bits per heavy atom. The van der Waals surface area contributed by atoms with Gasteiger partial charge in [0, 0.05) is 17.0 Å². The van der Waals surface area contributed by atoms with Gasteiger partial charge in [0.15, 0.2) is 0 Å². The van der Waals surface area contributed by atoms with Crippen LogP contribution in [0.5, 0.6) is 0 Å². The molecule has 0 bridgehead atoms. The van der Waals surface area contributed by atoms with Gasteiger partial charge in [-0.2, -0.15) is 0 Å². The molecule has 17 heavy (non-hydrogen) atoms. The van der Waals surface area contributed by atoms with E-state index in [2.05, 4.69) is 4.98 Å². The predicted molar refractivity (Wildman–Crippen MR) is 71.4 cm³/mol. The monoisotopic (exact) mass is 249 g/mol. The quantitative estimate of drug-likeness (QED) is 0.840. The van der Waals surface area contributed by atoms with Crippen molar-refractivity contribution in [2.24, 2.45) is 0 Å². The summed E-state index contributed by atoms with van der Waals surface area (Å²) in [6.07, 6.45) is 1.10. The number of nitrogens with zero attached hydrogens (tertiary/aromatic N) is 1. The minimum atomic E-state index is -0.431. The van der Waals surface area contributed by atoms with Gasteiger partial charge in [0.25, 0.3) is 0 Å². The average molecular weight is 250 g/mol. The lowest BCUT2D eigenvalue weighted by Crippen LogP contribution is -1.98. The molecule has 0 aliphatic carbocycles. The molecule has 1 heterocycles. The maximum Gasteiger partial charge on any atom is 0.0790 e. The van der Waals surface area contributed by atoms with E-state index < -0.39 is 6.10 Å². The Morgan fingerprint density at radius 2 is 2.12 bits per heavy atom. The number of aryl methyl sites for hydroxylation is 1. The number of aromatic nitrogens is 1. The SMILES string of the molecule is Cc1ccc2cc(C(O)CCCCl)ccc2n1. The molecule has 3 heteroatoms.